The third-order valence-electron chi connectivity index (χ3n) is 2.89. The molecule has 3 nitrogen and oxygen atoms in total. The van der Waals surface area contributed by atoms with Crippen molar-refractivity contribution in [2.24, 2.45) is 5.92 Å². The SMILES string of the molecule is Cc1cc(NC2CC2C)c(C#N)c(C)n1. The van der Waals surface area contributed by atoms with Crippen LogP contribution in [-0.2, 0) is 0 Å². The molecule has 2 rings (SSSR count). The largest absolute Gasteiger partial charge is 0.381 e. The molecule has 1 aliphatic rings. The summed E-state index contributed by atoms with van der Waals surface area (Å²) in [6.07, 6.45) is 1.20. The maximum Gasteiger partial charge on any atom is 0.103 e. The van der Waals surface area contributed by atoms with Crippen LogP contribution in [0, 0.1) is 31.1 Å². The molecule has 1 N–H and O–H groups in total. The van der Waals surface area contributed by atoms with E-state index in [0.29, 0.717) is 11.6 Å². The summed E-state index contributed by atoms with van der Waals surface area (Å²) in [4.78, 5) is 4.29. The van der Waals surface area contributed by atoms with Crippen molar-refractivity contribution < 1.29 is 0 Å². The molecule has 2 unspecified atom stereocenters. The number of nitrogens with one attached hydrogen (secondary N) is 1. The van der Waals surface area contributed by atoms with Gasteiger partial charge in [0.25, 0.3) is 0 Å². The normalized spacial score (nSPS) is 23.3. The van der Waals surface area contributed by atoms with E-state index < -0.39 is 0 Å². The molecule has 0 aliphatic heterocycles. The Morgan fingerprint density at radius 3 is 2.73 bits per heavy atom. The van der Waals surface area contributed by atoms with E-state index in [4.69, 9.17) is 5.26 Å². The Kier molecular flexibility index (Phi) is 2.36. The highest BCUT2D eigenvalue weighted by Crippen LogP contribution is 2.34. The monoisotopic (exact) mass is 201 g/mol. The second-order valence-electron chi connectivity index (χ2n) is 4.35. The number of nitrogens with zero attached hydrogens (tertiary/aromatic N) is 2. The van der Waals surface area contributed by atoms with Gasteiger partial charge in [0.05, 0.1) is 16.9 Å². The Hall–Kier alpha value is -1.56. The van der Waals surface area contributed by atoms with Crippen molar-refractivity contribution >= 4 is 5.69 Å². The maximum atomic E-state index is 9.06. The second-order valence-corrected chi connectivity index (χ2v) is 4.35. The summed E-state index contributed by atoms with van der Waals surface area (Å²) < 4.78 is 0. The van der Waals surface area contributed by atoms with E-state index in [9.17, 15) is 0 Å². The summed E-state index contributed by atoms with van der Waals surface area (Å²) in [6.45, 7) is 6.05. The van der Waals surface area contributed by atoms with Gasteiger partial charge < -0.3 is 5.32 Å². The molecule has 0 amide bonds. The van der Waals surface area contributed by atoms with Crippen molar-refractivity contribution in [3.63, 3.8) is 0 Å². The van der Waals surface area contributed by atoms with E-state index in [2.05, 4.69) is 23.3 Å². The van der Waals surface area contributed by atoms with Crippen LogP contribution in [0.2, 0.25) is 0 Å². The van der Waals surface area contributed by atoms with Gasteiger partial charge in [-0.05, 0) is 32.3 Å². The van der Waals surface area contributed by atoms with Gasteiger partial charge in [-0.25, -0.2) is 0 Å². The predicted molar refractivity (Wildman–Crippen MR) is 59.6 cm³/mol. The standard InChI is InChI=1S/C12H15N3/c1-7-4-11(7)15-12-5-8(2)14-9(3)10(12)6-13/h5,7,11H,4H2,1-3H3,(H,14,15). The Bertz CT molecular complexity index is 431. The summed E-state index contributed by atoms with van der Waals surface area (Å²) in [5.74, 6) is 0.727. The van der Waals surface area contributed by atoms with Crippen LogP contribution in [0.5, 0.6) is 0 Å². The van der Waals surface area contributed by atoms with E-state index in [1.54, 1.807) is 0 Å². The van der Waals surface area contributed by atoms with Gasteiger partial charge in [-0.1, -0.05) is 6.92 Å². The Morgan fingerprint density at radius 1 is 1.53 bits per heavy atom. The van der Waals surface area contributed by atoms with Crippen molar-refractivity contribution in [1.29, 1.82) is 5.26 Å². The van der Waals surface area contributed by atoms with Crippen molar-refractivity contribution in [3.05, 3.63) is 23.0 Å². The highest BCUT2D eigenvalue weighted by Gasteiger charge is 2.33. The van der Waals surface area contributed by atoms with Crippen LogP contribution in [-0.4, -0.2) is 11.0 Å². The molecule has 1 saturated carbocycles. The minimum atomic E-state index is 0.540. The molecule has 2 atom stereocenters. The van der Waals surface area contributed by atoms with E-state index in [-0.39, 0.29) is 0 Å². The van der Waals surface area contributed by atoms with Crippen LogP contribution in [0.4, 0.5) is 5.69 Å². The Morgan fingerprint density at radius 2 is 2.20 bits per heavy atom. The average molecular weight is 201 g/mol. The zero-order chi connectivity index (χ0) is 11.0. The lowest BCUT2D eigenvalue weighted by atomic mass is 10.1. The van der Waals surface area contributed by atoms with E-state index in [0.717, 1.165) is 23.0 Å². The molecule has 1 aromatic heterocycles. The van der Waals surface area contributed by atoms with Crippen LogP contribution in [0.1, 0.15) is 30.3 Å². The molecule has 1 fully saturated rings. The molecule has 0 aromatic carbocycles. The summed E-state index contributed by atoms with van der Waals surface area (Å²) in [5.41, 5.74) is 3.40. The van der Waals surface area contributed by atoms with Gasteiger partial charge in [0, 0.05) is 11.7 Å². The quantitative estimate of drug-likeness (QED) is 0.799. The van der Waals surface area contributed by atoms with Crippen LogP contribution >= 0.6 is 0 Å². The molecule has 0 spiro atoms. The van der Waals surface area contributed by atoms with Gasteiger partial charge in [-0.2, -0.15) is 5.26 Å². The molecule has 3 heteroatoms. The smallest absolute Gasteiger partial charge is 0.103 e. The van der Waals surface area contributed by atoms with Crippen LogP contribution < -0.4 is 5.32 Å². The van der Waals surface area contributed by atoms with Gasteiger partial charge >= 0.3 is 0 Å². The number of hydrogen-bond donors (Lipinski definition) is 1. The summed E-state index contributed by atoms with van der Waals surface area (Å²) >= 11 is 0. The van der Waals surface area contributed by atoms with Gasteiger partial charge in [0.2, 0.25) is 0 Å². The first-order valence-corrected chi connectivity index (χ1v) is 5.26. The lowest BCUT2D eigenvalue weighted by Gasteiger charge is -2.10. The number of rotatable bonds is 2. The molecule has 0 radical (unpaired) electrons. The van der Waals surface area contributed by atoms with E-state index in [1.807, 2.05) is 19.9 Å². The zero-order valence-electron chi connectivity index (χ0n) is 9.33. The molecular weight excluding hydrogens is 186 g/mol. The number of aromatic nitrogens is 1. The van der Waals surface area contributed by atoms with E-state index >= 15 is 0 Å². The highest BCUT2D eigenvalue weighted by atomic mass is 15.0. The van der Waals surface area contributed by atoms with Gasteiger partial charge in [-0.15, -0.1) is 0 Å². The van der Waals surface area contributed by atoms with Crippen molar-refractivity contribution in [1.82, 2.24) is 4.98 Å². The average Bonchev–Trinajstić information content (AvgIpc) is 2.81. The third-order valence-corrected chi connectivity index (χ3v) is 2.89. The maximum absolute atomic E-state index is 9.06. The first kappa shape index (κ1) is 9.97. The van der Waals surface area contributed by atoms with Gasteiger partial charge in [-0.3, -0.25) is 4.98 Å². The molecule has 1 heterocycles. The molecule has 1 aliphatic carbocycles. The van der Waals surface area contributed by atoms with Crippen molar-refractivity contribution in [3.8, 4) is 6.07 Å². The fourth-order valence-corrected chi connectivity index (χ4v) is 1.81. The van der Waals surface area contributed by atoms with E-state index in [1.165, 1.54) is 6.42 Å². The van der Waals surface area contributed by atoms with Crippen molar-refractivity contribution in [2.45, 2.75) is 33.2 Å². The highest BCUT2D eigenvalue weighted by molar-refractivity contribution is 5.60. The fourth-order valence-electron chi connectivity index (χ4n) is 1.81. The number of anilines is 1. The number of nitriles is 1. The fraction of sp³-hybridized carbons (Fsp3) is 0.500. The van der Waals surface area contributed by atoms with Crippen LogP contribution in [0.25, 0.3) is 0 Å². The van der Waals surface area contributed by atoms with Crippen molar-refractivity contribution in [2.75, 3.05) is 5.32 Å². The Balaban J connectivity index is 2.32. The summed E-state index contributed by atoms with van der Waals surface area (Å²) in [7, 11) is 0. The number of hydrogen-bond acceptors (Lipinski definition) is 3. The molecule has 15 heavy (non-hydrogen) atoms. The molecule has 78 valence electrons. The lowest BCUT2D eigenvalue weighted by molar-refractivity contribution is 0.926. The molecule has 0 saturated heterocycles. The minimum Gasteiger partial charge on any atom is -0.381 e. The first-order chi connectivity index (χ1) is 7.11. The Labute approximate surface area is 90.1 Å². The van der Waals surface area contributed by atoms with Gasteiger partial charge in [0.1, 0.15) is 6.07 Å². The zero-order valence-corrected chi connectivity index (χ0v) is 9.33. The lowest BCUT2D eigenvalue weighted by Crippen LogP contribution is -2.07. The summed E-state index contributed by atoms with van der Waals surface area (Å²) in [5, 5.41) is 12.5. The van der Waals surface area contributed by atoms with Crippen LogP contribution in [0.3, 0.4) is 0 Å². The number of aryl methyl sites for hydroxylation is 2. The minimum absolute atomic E-state index is 0.540. The third kappa shape index (κ3) is 1.94. The predicted octanol–water partition coefficient (Wildman–Crippen LogP) is 2.39. The van der Waals surface area contributed by atoms with Gasteiger partial charge in [0.15, 0.2) is 0 Å². The molecule has 0 bridgehead atoms. The summed E-state index contributed by atoms with van der Waals surface area (Å²) in [6, 6.07) is 4.71. The topological polar surface area (TPSA) is 48.7 Å². The molecular formula is C12H15N3. The molecule has 1 aromatic rings. The second kappa shape index (κ2) is 3.54. The number of pyridine rings is 1. The van der Waals surface area contributed by atoms with Crippen LogP contribution in [0.15, 0.2) is 6.07 Å². The first-order valence-electron chi connectivity index (χ1n) is 5.26.